The molecule has 1 aromatic carbocycles. The summed E-state index contributed by atoms with van der Waals surface area (Å²) in [5.74, 6) is 2.11. The molecule has 3 nitrogen and oxygen atoms in total. The van der Waals surface area contributed by atoms with Gasteiger partial charge in [0.25, 0.3) is 0 Å². The molecule has 0 aliphatic heterocycles. The SMILES string of the molecule is CCCc1nc(-c2ccc(C3CC3)cc2)nc(N)c1I. The highest BCUT2D eigenvalue weighted by Gasteiger charge is 2.23. The average molecular weight is 379 g/mol. The minimum Gasteiger partial charge on any atom is -0.383 e. The molecule has 1 heterocycles. The Morgan fingerprint density at radius 1 is 1.20 bits per heavy atom. The van der Waals surface area contributed by atoms with E-state index in [-0.39, 0.29) is 0 Å². The van der Waals surface area contributed by atoms with E-state index in [1.807, 2.05) is 0 Å². The van der Waals surface area contributed by atoms with Crippen LogP contribution in [0.4, 0.5) is 5.82 Å². The zero-order chi connectivity index (χ0) is 14.1. The maximum atomic E-state index is 6.02. The lowest BCUT2D eigenvalue weighted by molar-refractivity contribution is 0.869. The summed E-state index contributed by atoms with van der Waals surface area (Å²) in [5.41, 5.74) is 9.56. The van der Waals surface area contributed by atoms with Crippen LogP contribution < -0.4 is 5.73 Å². The summed E-state index contributed by atoms with van der Waals surface area (Å²) >= 11 is 2.24. The summed E-state index contributed by atoms with van der Waals surface area (Å²) in [6, 6.07) is 8.63. The molecule has 0 atom stereocenters. The molecule has 4 heteroatoms. The van der Waals surface area contributed by atoms with Crippen molar-refractivity contribution in [2.45, 2.75) is 38.5 Å². The van der Waals surface area contributed by atoms with Gasteiger partial charge in [0.1, 0.15) is 5.82 Å². The van der Waals surface area contributed by atoms with Gasteiger partial charge in [-0.3, -0.25) is 0 Å². The summed E-state index contributed by atoms with van der Waals surface area (Å²) in [6.45, 7) is 2.15. The molecule has 1 aromatic heterocycles. The molecule has 2 aromatic rings. The third kappa shape index (κ3) is 2.80. The van der Waals surface area contributed by atoms with E-state index in [2.05, 4.69) is 63.7 Å². The molecule has 0 amide bonds. The normalized spacial score (nSPS) is 14.5. The molecule has 0 bridgehead atoms. The topological polar surface area (TPSA) is 51.8 Å². The number of hydrogen-bond donors (Lipinski definition) is 1. The number of benzene rings is 1. The maximum Gasteiger partial charge on any atom is 0.161 e. The van der Waals surface area contributed by atoms with E-state index >= 15 is 0 Å². The Morgan fingerprint density at radius 3 is 2.50 bits per heavy atom. The van der Waals surface area contributed by atoms with Crippen LogP contribution in [-0.4, -0.2) is 9.97 Å². The molecular weight excluding hydrogens is 361 g/mol. The Balaban J connectivity index is 1.95. The zero-order valence-corrected chi connectivity index (χ0v) is 13.7. The largest absolute Gasteiger partial charge is 0.383 e. The summed E-state index contributed by atoms with van der Waals surface area (Å²) in [7, 11) is 0. The lowest BCUT2D eigenvalue weighted by Gasteiger charge is -2.09. The Labute approximate surface area is 133 Å². The van der Waals surface area contributed by atoms with Crippen LogP contribution in [0.3, 0.4) is 0 Å². The summed E-state index contributed by atoms with van der Waals surface area (Å²) in [5, 5.41) is 0. The number of anilines is 1. The molecule has 1 aliphatic carbocycles. The van der Waals surface area contributed by atoms with Crippen LogP contribution in [0.1, 0.15) is 43.4 Å². The predicted molar refractivity (Wildman–Crippen MR) is 90.6 cm³/mol. The molecule has 0 spiro atoms. The highest BCUT2D eigenvalue weighted by atomic mass is 127. The maximum absolute atomic E-state index is 6.02. The van der Waals surface area contributed by atoms with E-state index in [1.54, 1.807) is 0 Å². The minimum atomic E-state index is 0.588. The first-order valence-corrected chi connectivity index (χ1v) is 8.19. The van der Waals surface area contributed by atoms with Gasteiger partial charge in [0, 0.05) is 5.56 Å². The molecule has 1 fully saturated rings. The van der Waals surface area contributed by atoms with E-state index < -0.39 is 0 Å². The number of halogens is 1. The van der Waals surface area contributed by atoms with Gasteiger partial charge in [0.05, 0.1) is 9.26 Å². The van der Waals surface area contributed by atoms with Crippen molar-refractivity contribution >= 4 is 28.4 Å². The van der Waals surface area contributed by atoms with Crippen LogP contribution in [0.2, 0.25) is 0 Å². The second-order valence-electron chi connectivity index (χ2n) is 5.34. The third-order valence-corrected chi connectivity index (χ3v) is 4.83. The van der Waals surface area contributed by atoms with E-state index in [0.29, 0.717) is 5.82 Å². The number of aryl methyl sites for hydroxylation is 1. The van der Waals surface area contributed by atoms with Crippen LogP contribution in [0.25, 0.3) is 11.4 Å². The van der Waals surface area contributed by atoms with Crippen molar-refractivity contribution < 1.29 is 0 Å². The second kappa shape index (κ2) is 5.68. The predicted octanol–water partition coefficient (Wildman–Crippen LogP) is 4.16. The van der Waals surface area contributed by atoms with Crippen molar-refractivity contribution in [2.75, 3.05) is 5.73 Å². The number of nitrogens with two attached hydrogens (primary N) is 1. The Morgan fingerprint density at radius 2 is 1.90 bits per heavy atom. The van der Waals surface area contributed by atoms with Gasteiger partial charge in [-0.15, -0.1) is 0 Å². The third-order valence-electron chi connectivity index (χ3n) is 3.65. The van der Waals surface area contributed by atoms with E-state index in [1.165, 1.54) is 18.4 Å². The standard InChI is InChI=1S/C16H18IN3/c1-2-3-13-14(17)15(18)20-16(19-13)12-8-6-11(7-9-12)10-4-5-10/h6-10H,2-5H2,1H3,(H2,18,19,20). The van der Waals surface area contributed by atoms with Crippen molar-refractivity contribution in [3.05, 3.63) is 39.1 Å². The van der Waals surface area contributed by atoms with Crippen molar-refractivity contribution in [2.24, 2.45) is 0 Å². The Bertz CT molecular complexity index is 618. The van der Waals surface area contributed by atoms with Gasteiger partial charge in [0.15, 0.2) is 5.82 Å². The van der Waals surface area contributed by atoms with E-state index in [4.69, 9.17) is 5.73 Å². The summed E-state index contributed by atoms with van der Waals surface area (Å²) in [4.78, 5) is 9.12. The highest BCUT2D eigenvalue weighted by molar-refractivity contribution is 14.1. The molecule has 1 saturated carbocycles. The van der Waals surface area contributed by atoms with E-state index in [0.717, 1.165) is 39.4 Å². The fourth-order valence-corrected chi connectivity index (χ4v) is 2.88. The minimum absolute atomic E-state index is 0.588. The molecule has 1 aliphatic rings. The van der Waals surface area contributed by atoms with Crippen molar-refractivity contribution in [1.29, 1.82) is 0 Å². The first kappa shape index (κ1) is 13.8. The van der Waals surface area contributed by atoms with E-state index in [9.17, 15) is 0 Å². The van der Waals surface area contributed by atoms with Crippen LogP contribution >= 0.6 is 22.6 Å². The molecule has 0 unspecified atom stereocenters. The number of aromatic nitrogens is 2. The summed E-state index contributed by atoms with van der Waals surface area (Å²) in [6.07, 6.45) is 4.66. The van der Waals surface area contributed by atoms with Crippen LogP contribution in [0.5, 0.6) is 0 Å². The highest BCUT2D eigenvalue weighted by Crippen LogP contribution is 2.40. The smallest absolute Gasteiger partial charge is 0.161 e. The van der Waals surface area contributed by atoms with Crippen molar-refractivity contribution in [3.63, 3.8) is 0 Å². The first-order valence-electron chi connectivity index (χ1n) is 7.11. The van der Waals surface area contributed by atoms with Gasteiger partial charge in [-0.05, 0) is 53.3 Å². The lowest BCUT2D eigenvalue weighted by atomic mass is 10.1. The van der Waals surface area contributed by atoms with Crippen LogP contribution in [0, 0.1) is 3.57 Å². The molecule has 0 radical (unpaired) electrons. The van der Waals surface area contributed by atoms with Crippen molar-refractivity contribution in [1.82, 2.24) is 9.97 Å². The molecule has 2 N–H and O–H groups in total. The molecule has 20 heavy (non-hydrogen) atoms. The number of nitrogens with zero attached hydrogens (tertiary/aromatic N) is 2. The van der Waals surface area contributed by atoms with Crippen LogP contribution in [0.15, 0.2) is 24.3 Å². The molecular formula is C16H18IN3. The van der Waals surface area contributed by atoms with Gasteiger partial charge < -0.3 is 5.73 Å². The zero-order valence-electron chi connectivity index (χ0n) is 11.6. The number of nitrogen functional groups attached to an aromatic ring is 1. The quantitative estimate of drug-likeness (QED) is 0.812. The lowest BCUT2D eigenvalue weighted by Crippen LogP contribution is -2.05. The number of rotatable bonds is 4. The average Bonchev–Trinajstić information content (AvgIpc) is 3.29. The Kier molecular flexibility index (Phi) is 3.92. The van der Waals surface area contributed by atoms with Gasteiger partial charge >= 0.3 is 0 Å². The Hall–Kier alpha value is -1.17. The number of hydrogen-bond acceptors (Lipinski definition) is 3. The fourth-order valence-electron chi connectivity index (χ4n) is 2.37. The van der Waals surface area contributed by atoms with Gasteiger partial charge in [-0.1, -0.05) is 37.6 Å². The summed E-state index contributed by atoms with van der Waals surface area (Å²) < 4.78 is 0.989. The second-order valence-corrected chi connectivity index (χ2v) is 6.42. The monoisotopic (exact) mass is 379 g/mol. The van der Waals surface area contributed by atoms with Crippen molar-refractivity contribution in [3.8, 4) is 11.4 Å². The molecule has 0 saturated heterocycles. The molecule has 104 valence electrons. The van der Waals surface area contributed by atoms with Crippen LogP contribution in [-0.2, 0) is 6.42 Å². The first-order chi connectivity index (χ1) is 9.69. The van der Waals surface area contributed by atoms with Gasteiger partial charge in [-0.25, -0.2) is 9.97 Å². The fraction of sp³-hybridized carbons (Fsp3) is 0.375. The van der Waals surface area contributed by atoms with Gasteiger partial charge in [-0.2, -0.15) is 0 Å². The molecule has 3 rings (SSSR count). The van der Waals surface area contributed by atoms with Gasteiger partial charge in [0.2, 0.25) is 0 Å².